The molecule has 0 bridgehead atoms. The fourth-order valence-electron chi connectivity index (χ4n) is 2.36. The topological polar surface area (TPSA) is 55.1 Å². The molecule has 3 rings (SSSR count). The largest absolute Gasteiger partial charge is 0.459 e. The summed E-state index contributed by atoms with van der Waals surface area (Å²) >= 11 is 0. The maximum atomic E-state index is 12.5. The highest BCUT2D eigenvalue weighted by molar-refractivity contribution is 5.93. The van der Waals surface area contributed by atoms with Crippen molar-refractivity contribution in [1.82, 2.24) is 10.3 Å². The number of aromatic nitrogens is 1. The zero-order valence-corrected chi connectivity index (χ0v) is 12.2. The Bertz CT molecular complexity index is 712. The summed E-state index contributed by atoms with van der Waals surface area (Å²) in [6, 6.07) is 15.1. The van der Waals surface area contributed by atoms with Gasteiger partial charge in [-0.1, -0.05) is 30.3 Å². The molecule has 0 aliphatic heterocycles. The number of hydrogen-bond donors (Lipinski definition) is 1. The molecule has 1 aromatic carbocycles. The number of pyridine rings is 1. The molecule has 1 N–H and O–H groups in total. The van der Waals surface area contributed by atoms with Crippen molar-refractivity contribution in [2.75, 3.05) is 0 Å². The van der Waals surface area contributed by atoms with E-state index in [4.69, 9.17) is 4.42 Å². The van der Waals surface area contributed by atoms with Crippen LogP contribution in [0.2, 0.25) is 0 Å². The first kappa shape index (κ1) is 14.1. The standard InChI is InChI=1S/C18H16N2O2/c1-13-9-12-22-17(13)18(21)20-16(14-5-3-2-4-6-14)15-7-10-19-11-8-15/h2-12,16H,1H3,(H,20,21). The molecule has 0 aliphatic rings. The first-order valence-corrected chi connectivity index (χ1v) is 7.05. The molecule has 22 heavy (non-hydrogen) atoms. The van der Waals surface area contributed by atoms with Crippen LogP contribution in [0.15, 0.2) is 71.6 Å². The van der Waals surface area contributed by atoms with Crippen molar-refractivity contribution in [2.45, 2.75) is 13.0 Å². The number of carbonyl (C=O) groups is 1. The summed E-state index contributed by atoms with van der Waals surface area (Å²) in [5.74, 6) is 0.114. The van der Waals surface area contributed by atoms with Crippen LogP contribution in [0.1, 0.15) is 33.3 Å². The molecule has 1 amide bonds. The Balaban J connectivity index is 1.93. The third-order valence-electron chi connectivity index (χ3n) is 3.52. The summed E-state index contributed by atoms with van der Waals surface area (Å²) in [5.41, 5.74) is 2.80. The second kappa shape index (κ2) is 6.26. The second-order valence-corrected chi connectivity index (χ2v) is 5.03. The van der Waals surface area contributed by atoms with Crippen LogP contribution in [-0.4, -0.2) is 10.9 Å². The molecule has 1 atom stereocenters. The summed E-state index contributed by atoms with van der Waals surface area (Å²) in [6.07, 6.45) is 4.96. The van der Waals surface area contributed by atoms with Gasteiger partial charge in [-0.15, -0.1) is 0 Å². The van der Waals surface area contributed by atoms with Gasteiger partial charge in [-0.2, -0.15) is 0 Å². The van der Waals surface area contributed by atoms with E-state index in [9.17, 15) is 4.79 Å². The van der Waals surface area contributed by atoms with E-state index in [-0.39, 0.29) is 11.9 Å². The lowest BCUT2D eigenvalue weighted by Crippen LogP contribution is -2.29. The van der Waals surface area contributed by atoms with Crippen molar-refractivity contribution in [1.29, 1.82) is 0 Å². The Morgan fingerprint density at radius 2 is 1.73 bits per heavy atom. The predicted molar refractivity (Wildman–Crippen MR) is 83.4 cm³/mol. The average molecular weight is 292 g/mol. The van der Waals surface area contributed by atoms with Gasteiger partial charge in [0.1, 0.15) is 0 Å². The first-order chi connectivity index (χ1) is 10.8. The van der Waals surface area contributed by atoms with Gasteiger partial charge in [-0.25, -0.2) is 0 Å². The van der Waals surface area contributed by atoms with Gasteiger partial charge in [0.05, 0.1) is 12.3 Å². The number of nitrogens with zero attached hydrogens (tertiary/aromatic N) is 1. The Kier molecular flexibility index (Phi) is 4.01. The van der Waals surface area contributed by atoms with Crippen LogP contribution in [0, 0.1) is 6.92 Å². The molecular formula is C18H16N2O2. The summed E-state index contributed by atoms with van der Waals surface area (Å²) in [4.78, 5) is 16.5. The van der Waals surface area contributed by atoms with Crippen LogP contribution >= 0.6 is 0 Å². The molecule has 2 heterocycles. The van der Waals surface area contributed by atoms with E-state index in [2.05, 4.69) is 10.3 Å². The van der Waals surface area contributed by atoms with Crippen molar-refractivity contribution in [2.24, 2.45) is 0 Å². The zero-order chi connectivity index (χ0) is 15.4. The highest BCUT2D eigenvalue weighted by Gasteiger charge is 2.20. The van der Waals surface area contributed by atoms with E-state index in [0.29, 0.717) is 5.76 Å². The average Bonchev–Trinajstić information content (AvgIpc) is 3.00. The minimum Gasteiger partial charge on any atom is -0.459 e. The number of aryl methyl sites for hydroxylation is 1. The molecule has 4 heteroatoms. The fourth-order valence-corrected chi connectivity index (χ4v) is 2.36. The number of rotatable bonds is 4. The van der Waals surface area contributed by atoms with Gasteiger partial charge in [-0.05, 0) is 36.2 Å². The molecule has 1 unspecified atom stereocenters. The van der Waals surface area contributed by atoms with Crippen molar-refractivity contribution in [3.05, 3.63) is 89.6 Å². The lowest BCUT2D eigenvalue weighted by atomic mass is 9.99. The molecule has 0 saturated heterocycles. The molecule has 0 fully saturated rings. The minimum atomic E-state index is -0.249. The van der Waals surface area contributed by atoms with E-state index < -0.39 is 0 Å². The van der Waals surface area contributed by atoms with E-state index in [1.807, 2.05) is 49.4 Å². The van der Waals surface area contributed by atoms with Crippen LogP contribution in [-0.2, 0) is 0 Å². The Morgan fingerprint density at radius 3 is 2.36 bits per heavy atom. The zero-order valence-electron chi connectivity index (χ0n) is 12.2. The van der Waals surface area contributed by atoms with E-state index in [1.54, 1.807) is 18.5 Å². The number of nitrogens with one attached hydrogen (secondary N) is 1. The highest BCUT2D eigenvalue weighted by Crippen LogP contribution is 2.22. The van der Waals surface area contributed by atoms with Crippen molar-refractivity contribution in [3.8, 4) is 0 Å². The SMILES string of the molecule is Cc1ccoc1C(=O)NC(c1ccccc1)c1ccncc1. The van der Waals surface area contributed by atoms with Crippen LogP contribution in [0.4, 0.5) is 0 Å². The number of carbonyl (C=O) groups excluding carboxylic acids is 1. The number of furan rings is 1. The Labute approximate surface area is 128 Å². The summed E-state index contributed by atoms with van der Waals surface area (Å²) < 4.78 is 5.27. The highest BCUT2D eigenvalue weighted by atomic mass is 16.3. The summed E-state index contributed by atoms with van der Waals surface area (Å²) in [5, 5.41) is 3.03. The number of benzene rings is 1. The van der Waals surface area contributed by atoms with Crippen LogP contribution < -0.4 is 5.32 Å². The molecule has 4 nitrogen and oxygen atoms in total. The third-order valence-corrected chi connectivity index (χ3v) is 3.52. The van der Waals surface area contributed by atoms with Gasteiger partial charge in [-0.3, -0.25) is 9.78 Å². The van der Waals surface area contributed by atoms with Crippen molar-refractivity contribution >= 4 is 5.91 Å². The Hall–Kier alpha value is -2.88. The lowest BCUT2D eigenvalue weighted by molar-refractivity contribution is 0.0914. The van der Waals surface area contributed by atoms with E-state index in [0.717, 1.165) is 16.7 Å². The molecule has 2 aromatic heterocycles. The van der Waals surface area contributed by atoms with Gasteiger partial charge in [0.25, 0.3) is 5.91 Å². The molecule has 0 saturated carbocycles. The van der Waals surface area contributed by atoms with Crippen LogP contribution in [0.3, 0.4) is 0 Å². The Morgan fingerprint density at radius 1 is 1.05 bits per heavy atom. The minimum absolute atomic E-state index is 0.229. The molecular weight excluding hydrogens is 276 g/mol. The molecule has 0 spiro atoms. The lowest BCUT2D eigenvalue weighted by Gasteiger charge is -2.19. The summed E-state index contributed by atoms with van der Waals surface area (Å²) in [7, 11) is 0. The molecule has 0 radical (unpaired) electrons. The van der Waals surface area contributed by atoms with Crippen molar-refractivity contribution < 1.29 is 9.21 Å². The van der Waals surface area contributed by atoms with E-state index in [1.165, 1.54) is 6.26 Å². The monoisotopic (exact) mass is 292 g/mol. The van der Waals surface area contributed by atoms with Gasteiger partial charge < -0.3 is 9.73 Å². The smallest absolute Gasteiger partial charge is 0.288 e. The van der Waals surface area contributed by atoms with Gasteiger partial charge >= 0.3 is 0 Å². The maximum absolute atomic E-state index is 12.5. The molecule has 110 valence electrons. The normalized spacial score (nSPS) is 11.9. The van der Waals surface area contributed by atoms with Crippen LogP contribution in [0.25, 0.3) is 0 Å². The summed E-state index contributed by atoms with van der Waals surface area (Å²) in [6.45, 7) is 1.85. The fraction of sp³-hybridized carbons (Fsp3) is 0.111. The van der Waals surface area contributed by atoms with Gasteiger partial charge in [0.2, 0.25) is 0 Å². The quantitative estimate of drug-likeness (QED) is 0.800. The maximum Gasteiger partial charge on any atom is 0.288 e. The number of hydrogen-bond acceptors (Lipinski definition) is 3. The predicted octanol–water partition coefficient (Wildman–Crippen LogP) is 3.50. The third kappa shape index (κ3) is 2.91. The molecule has 0 aliphatic carbocycles. The van der Waals surface area contributed by atoms with Crippen molar-refractivity contribution in [3.63, 3.8) is 0 Å². The van der Waals surface area contributed by atoms with Gasteiger partial charge in [0.15, 0.2) is 5.76 Å². The number of amides is 1. The van der Waals surface area contributed by atoms with Crippen LogP contribution in [0.5, 0.6) is 0 Å². The molecule has 3 aromatic rings. The first-order valence-electron chi connectivity index (χ1n) is 7.05. The van der Waals surface area contributed by atoms with E-state index >= 15 is 0 Å². The second-order valence-electron chi connectivity index (χ2n) is 5.03. The van der Waals surface area contributed by atoms with Gasteiger partial charge in [0, 0.05) is 18.0 Å².